The predicted octanol–water partition coefficient (Wildman–Crippen LogP) is 9.27. The van der Waals surface area contributed by atoms with Gasteiger partial charge in [-0.15, -0.1) is 0 Å². The fourth-order valence-electron chi connectivity index (χ4n) is 8.64. The van der Waals surface area contributed by atoms with E-state index >= 15 is 0 Å². The number of aliphatic imine (C=N–C) groups is 1. The van der Waals surface area contributed by atoms with E-state index in [4.69, 9.17) is 18.9 Å². The van der Waals surface area contributed by atoms with Crippen molar-refractivity contribution >= 4 is 40.5 Å². The van der Waals surface area contributed by atoms with E-state index in [0.29, 0.717) is 94.6 Å². The highest BCUT2D eigenvalue weighted by atomic mass is 16.5. The molecular formula is C55H59N3O9. The molecule has 0 fully saturated rings. The van der Waals surface area contributed by atoms with Gasteiger partial charge in [-0.2, -0.15) is 0 Å². The van der Waals surface area contributed by atoms with E-state index in [1.165, 1.54) is 6.07 Å². The van der Waals surface area contributed by atoms with Crippen molar-refractivity contribution in [3.63, 3.8) is 0 Å². The highest BCUT2D eigenvalue weighted by Gasteiger charge is 2.38. The number of carboxylic acids is 1. The van der Waals surface area contributed by atoms with Crippen LogP contribution in [0.3, 0.4) is 0 Å². The molecular weight excluding hydrogens is 847 g/mol. The van der Waals surface area contributed by atoms with Crippen LogP contribution >= 0.6 is 0 Å². The van der Waals surface area contributed by atoms with Gasteiger partial charge in [-0.25, -0.2) is 4.79 Å². The van der Waals surface area contributed by atoms with Gasteiger partial charge >= 0.3 is 5.97 Å². The Morgan fingerprint density at radius 3 is 2.25 bits per heavy atom. The molecule has 12 heteroatoms. The van der Waals surface area contributed by atoms with Crippen molar-refractivity contribution in [2.75, 3.05) is 62.9 Å². The Labute approximate surface area is 393 Å². The van der Waals surface area contributed by atoms with Crippen LogP contribution in [0, 0.1) is 24.7 Å². The Morgan fingerprint density at radius 1 is 0.806 bits per heavy atom. The van der Waals surface area contributed by atoms with Crippen LogP contribution < -0.4 is 15.0 Å². The first-order chi connectivity index (χ1) is 32.6. The van der Waals surface area contributed by atoms with E-state index in [0.717, 1.165) is 51.4 Å². The maximum atomic E-state index is 13.4. The number of carboxylic acid groups (broad SMARTS) is 1. The zero-order chi connectivity index (χ0) is 47.1. The zero-order valence-electron chi connectivity index (χ0n) is 38.6. The number of para-hydroxylation sites is 1. The molecule has 1 aliphatic carbocycles. The fraction of sp³-hybridized carbons (Fsp3) is 0.364. The van der Waals surface area contributed by atoms with E-state index in [1.54, 1.807) is 17.0 Å². The average Bonchev–Trinajstić information content (AvgIpc) is 3.32. The number of benzene rings is 4. The summed E-state index contributed by atoms with van der Waals surface area (Å²) in [6.45, 7) is 10.0. The lowest BCUT2D eigenvalue weighted by molar-refractivity contribution is -0.124. The van der Waals surface area contributed by atoms with Gasteiger partial charge in [0.05, 0.1) is 49.9 Å². The minimum Gasteiger partial charge on any atom is -0.478 e. The number of aromatic carboxylic acids is 1. The third kappa shape index (κ3) is 12.4. The number of hydrogen-bond acceptors (Lipinski definition) is 10. The van der Waals surface area contributed by atoms with Crippen LogP contribution in [0.25, 0.3) is 0 Å². The van der Waals surface area contributed by atoms with Gasteiger partial charge in [-0.05, 0) is 86.7 Å². The molecule has 4 aromatic rings. The van der Waals surface area contributed by atoms with Crippen LogP contribution in [0.2, 0.25) is 0 Å². The molecule has 0 radical (unpaired) electrons. The lowest BCUT2D eigenvalue weighted by Gasteiger charge is -2.36. The van der Waals surface area contributed by atoms with E-state index in [-0.39, 0.29) is 54.1 Å². The normalized spacial score (nSPS) is 16.2. The first-order valence-electron chi connectivity index (χ1n) is 23.3. The highest BCUT2D eigenvalue weighted by molar-refractivity contribution is 6.05. The molecule has 2 atom stereocenters. The van der Waals surface area contributed by atoms with Crippen LogP contribution in [0.15, 0.2) is 108 Å². The molecule has 2 aliphatic heterocycles. The molecule has 2 unspecified atom stereocenters. The Bertz CT molecular complexity index is 2620. The summed E-state index contributed by atoms with van der Waals surface area (Å²) in [6, 6.07) is 24.5. The molecule has 4 aromatic carbocycles. The molecule has 3 aliphatic rings. The van der Waals surface area contributed by atoms with E-state index in [2.05, 4.69) is 28.2 Å². The van der Waals surface area contributed by atoms with Crippen molar-refractivity contribution < 1.29 is 43.2 Å². The topological polar surface area (TPSA) is 153 Å². The number of Topliss-reactive ketones (excluding diaryl/α,β-unsaturated/α-hetero) is 2. The van der Waals surface area contributed by atoms with Gasteiger partial charge in [0.2, 0.25) is 5.91 Å². The van der Waals surface area contributed by atoms with Crippen molar-refractivity contribution in [2.24, 2.45) is 10.9 Å². The van der Waals surface area contributed by atoms with Crippen molar-refractivity contribution in [1.82, 2.24) is 0 Å². The summed E-state index contributed by atoms with van der Waals surface area (Å²) in [4.78, 5) is 58.5. The number of fused-ring (bicyclic) bond motifs is 4. The minimum atomic E-state index is -1.10. The van der Waals surface area contributed by atoms with Crippen LogP contribution in [-0.4, -0.2) is 87.0 Å². The van der Waals surface area contributed by atoms with Crippen LogP contribution in [-0.2, 0) is 30.3 Å². The summed E-state index contributed by atoms with van der Waals surface area (Å²) < 4.78 is 23.4. The molecule has 348 valence electrons. The second-order valence-corrected chi connectivity index (χ2v) is 16.7. The average molecular weight is 906 g/mol. The quantitative estimate of drug-likeness (QED) is 0.0419. The number of amides is 1. The second-order valence-electron chi connectivity index (χ2n) is 16.7. The molecule has 7 rings (SSSR count). The smallest absolute Gasteiger partial charge is 0.336 e. The first-order valence-corrected chi connectivity index (χ1v) is 23.3. The number of anilines is 2. The molecule has 2 heterocycles. The maximum absolute atomic E-state index is 13.4. The number of nitrogens with one attached hydrogen (secondary N) is 1. The predicted molar refractivity (Wildman–Crippen MR) is 259 cm³/mol. The Balaban J connectivity index is 0.792. The number of aryl methyl sites for hydroxylation is 1. The molecule has 0 saturated carbocycles. The van der Waals surface area contributed by atoms with E-state index < -0.39 is 5.97 Å². The highest BCUT2D eigenvalue weighted by Crippen LogP contribution is 2.49. The van der Waals surface area contributed by atoms with Gasteiger partial charge in [-0.3, -0.25) is 19.4 Å². The molecule has 67 heavy (non-hydrogen) atoms. The lowest BCUT2D eigenvalue weighted by atomic mass is 9.73. The molecule has 1 amide bonds. The summed E-state index contributed by atoms with van der Waals surface area (Å²) in [7, 11) is 0. The van der Waals surface area contributed by atoms with Crippen LogP contribution in [0.1, 0.15) is 112 Å². The Kier molecular flexibility index (Phi) is 17.1. The third-order valence-electron chi connectivity index (χ3n) is 12.0. The number of nitrogens with zero attached hydrogens (tertiary/aromatic N) is 2. The standard InChI is InChI=1S/C55H59N3O9/c1-4-56-42-21-24-45-51(34-42)67-52-35-48(57-5-2)37(3)32-47(52)54(45)44-23-20-40(33-46(44)55(62)63)50(60)17-11-27-65-29-31-66-30-28-64-26-10-15-43(59)22-25-53(61)58-36-41-14-7-6-12-38(41)18-19-39-13-8-9-16-49(39)58/h6-9,12-14,16,20-21,23-24,32-35,45,54,57H,4-5,10-11,15,17,22,25-31,36H2,1-3H3,(H,62,63). The van der Waals surface area contributed by atoms with Gasteiger partial charge in [0.1, 0.15) is 17.3 Å². The van der Waals surface area contributed by atoms with Crippen LogP contribution in [0.4, 0.5) is 11.4 Å². The van der Waals surface area contributed by atoms with Gasteiger partial charge in [-0.1, -0.05) is 60.4 Å². The Morgan fingerprint density at radius 2 is 1.51 bits per heavy atom. The number of ether oxygens (including phenoxy) is 4. The zero-order valence-corrected chi connectivity index (χ0v) is 38.6. The molecule has 2 N–H and O–H groups in total. The number of hydrogen-bond donors (Lipinski definition) is 2. The van der Waals surface area contributed by atoms with Crippen molar-refractivity contribution in [3.8, 4) is 17.6 Å². The van der Waals surface area contributed by atoms with Crippen molar-refractivity contribution in [1.29, 1.82) is 0 Å². The number of rotatable bonds is 23. The van der Waals surface area contributed by atoms with Crippen LogP contribution in [0.5, 0.6) is 5.75 Å². The monoisotopic (exact) mass is 905 g/mol. The van der Waals surface area contributed by atoms with Gasteiger partial charge < -0.3 is 34.3 Å². The summed E-state index contributed by atoms with van der Waals surface area (Å²) in [6.07, 6.45) is 7.76. The Hall–Kier alpha value is -6.65. The minimum absolute atomic E-state index is 0.0203. The SMILES string of the molecule is CCN=C1C=CC2C(=C1)Oc1cc(NCC)c(C)cc1C2c1ccc(C(=O)CCCOCCOCCOCCCC(=O)CCC(=O)N2Cc3ccccc3C#Cc3ccccc32)cc1C(=O)O. The molecule has 0 saturated heterocycles. The molecule has 12 nitrogen and oxygen atoms in total. The largest absolute Gasteiger partial charge is 0.478 e. The maximum Gasteiger partial charge on any atom is 0.336 e. The van der Waals surface area contributed by atoms with Crippen molar-refractivity contribution in [2.45, 2.75) is 71.8 Å². The fourth-order valence-corrected chi connectivity index (χ4v) is 8.64. The lowest BCUT2D eigenvalue weighted by Crippen LogP contribution is -2.32. The third-order valence-corrected chi connectivity index (χ3v) is 12.0. The summed E-state index contributed by atoms with van der Waals surface area (Å²) in [5, 5.41) is 13.9. The van der Waals surface area contributed by atoms with Gasteiger partial charge in [0.25, 0.3) is 0 Å². The van der Waals surface area contributed by atoms with E-state index in [9.17, 15) is 24.3 Å². The summed E-state index contributed by atoms with van der Waals surface area (Å²) >= 11 is 0. The van der Waals surface area contributed by atoms with E-state index in [1.807, 2.05) is 93.6 Å². The number of ketones is 2. The number of carbonyl (C=O) groups excluding carboxylic acids is 3. The molecule has 0 aromatic heterocycles. The summed E-state index contributed by atoms with van der Waals surface area (Å²) in [5.41, 5.74) is 8.10. The molecule has 0 spiro atoms. The first kappa shape index (κ1) is 48.3. The number of allylic oxidation sites excluding steroid dienone is 3. The second kappa shape index (κ2) is 23.7. The number of carbonyl (C=O) groups is 4. The van der Waals surface area contributed by atoms with Crippen molar-refractivity contribution in [3.05, 3.63) is 147 Å². The summed E-state index contributed by atoms with van der Waals surface area (Å²) in [5.74, 6) is 5.82. The van der Waals surface area contributed by atoms with Gasteiger partial charge in [0, 0.05) is 104 Å². The van der Waals surface area contributed by atoms with Gasteiger partial charge in [0.15, 0.2) is 5.78 Å². The molecule has 0 bridgehead atoms.